The first-order valence-electron chi connectivity index (χ1n) is 19.8. The van der Waals surface area contributed by atoms with Gasteiger partial charge in [-0.15, -0.1) is 0 Å². The average Bonchev–Trinajstić information content (AvgIpc) is 3.09. The maximum Gasteiger partial charge on any atom is 0.343 e. The van der Waals surface area contributed by atoms with Crippen LogP contribution in [0.25, 0.3) is 0 Å². The second-order valence-electron chi connectivity index (χ2n) is 13.6. The molecule has 0 saturated heterocycles. The maximum atomic E-state index is 12.7. The lowest BCUT2D eigenvalue weighted by Gasteiger charge is -2.14. The van der Waals surface area contributed by atoms with Crippen LogP contribution in [0.15, 0.2) is 48.5 Å². The number of carbonyl (C=O) groups is 1. The summed E-state index contributed by atoms with van der Waals surface area (Å²) in [6.45, 7) is 8.14. The van der Waals surface area contributed by atoms with E-state index in [4.69, 9.17) is 14.2 Å². The maximum absolute atomic E-state index is 12.7. The first-order valence-corrected chi connectivity index (χ1v) is 19.8. The molecule has 0 N–H and O–H groups in total. The molecule has 0 amide bonds. The first-order chi connectivity index (χ1) is 23.1. The van der Waals surface area contributed by atoms with Gasteiger partial charge < -0.3 is 14.2 Å². The average molecular weight is 651 g/mol. The van der Waals surface area contributed by atoms with Gasteiger partial charge in [-0.05, 0) is 61.7 Å². The highest BCUT2D eigenvalue weighted by molar-refractivity contribution is 5.91. The molecule has 0 radical (unpaired) electrons. The molecule has 4 nitrogen and oxygen atoms in total. The Bertz CT molecular complexity index is 984. The zero-order valence-corrected chi connectivity index (χ0v) is 30.7. The number of benzene rings is 2. The van der Waals surface area contributed by atoms with E-state index < -0.39 is 0 Å². The molecular formula is C43H70O4. The van der Waals surface area contributed by atoms with Gasteiger partial charge in [0.25, 0.3) is 0 Å². The van der Waals surface area contributed by atoms with E-state index in [1.165, 1.54) is 141 Å². The quantitative estimate of drug-likeness (QED) is 0.0463. The zero-order valence-electron chi connectivity index (χ0n) is 30.7. The van der Waals surface area contributed by atoms with Gasteiger partial charge in [-0.1, -0.05) is 167 Å². The summed E-state index contributed by atoms with van der Waals surface area (Å²) in [7, 11) is 0. The Morgan fingerprint density at radius 3 is 1.32 bits per heavy atom. The largest absolute Gasteiger partial charge is 0.494 e. The monoisotopic (exact) mass is 651 g/mol. The van der Waals surface area contributed by atoms with Crippen molar-refractivity contribution in [2.24, 2.45) is 0 Å². The van der Waals surface area contributed by atoms with Crippen molar-refractivity contribution in [2.45, 2.75) is 181 Å². The van der Waals surface area contributed by atoms with Crippen molar-refractivity contribution in [3.63, 3.8) is 0 Å². The summed E-state index contributed by atoms with van der Waals surface area (Å²) in [6.07, 6.45) is 32.2. The normalized spacial score (nSPS) is 11.9. The van der Waals surface area contributed by atoms with Gasteiger partial charge in [0, 0.05) is 6.61 Å². The molecule has 0 spiro atoms. The second-order valence-corrected chi connectivity index (χ2v) is 13.6. The SMILES string of the molecule is CCCCCCCCCCCCCCCCOC(C)c1ccc(OC(=O)c2ccc(OCCCCCCCCCCCC)cc2)cc1. The molecule has 47 heavy (non-hydrogen) atoms. The molecular weight excluding hydrogens is 580 g/mol. The van der Waals surface area contributed by atoms with Crippen LogP contribution in [0.3, 0.4) is 0 Å². The van der Waals surface area contributed by atoms with Crippen molar-refractivity contribution in [3.05, 3.63) is 59.7 Å². The topological polar surface area (TPSA) is 44.8 Å². The van der Waals surface area contributed by atoms with Crippen LogP contribution < -0.4 is 9.47 Å². The third kappa shape index (κ3) is 21.3. The Morgan fingerprint density at radius 1 is 0.489 bits per heavy atom. The Labute approximate surface area is 289 Å². The van der Waals surface area contributed by atoms with Gasteiger partial charge in [0.05, 0.1) is 18.3 Å². The van der Waals surface area contributed by atoms with Gasteiger partial charge in [-0.3, -0.25) is 0 Å². The summed E-state index contributed by atoms with van der Waals surface area (Å²) >= 11 is 0. The van der Waals surface area contributed by atoms with Crippen LogP contribution in [0.4, 0.5) is 0 Å². The Hall–Kier alpha value is -2.33. The first kappa shape index (κ1) is 40.8. The van der Waals surface area contributed by atoms with E-state index in [1.54, 1.807) is 12.1 Å². The van der Waals surface area contributed by atoms with E-state index in [0.717, 1.165) is 30.8 Å². The van der Waals surface area contributed by atoms with E-state index in [0.29, 0.717) is 17.9 Å². The van der Waals surface area contributed by atoms with Crippen molar-refractivity contribution >= 4 is 5.97 Å². The summed E-state index contributed by atoms with van der Waals surface area (Å²) in [6, 6.07) is 14.9. The van der Waals surface area contributed by atoms with Gasteiger partial charge in [-0.25, -0.2) is 4.79 Å². The summed E-state index contributed by atoms with van der Waals surface area (Å²) in [5.74, 6) is 0.977. The van der Waals surface area contributed by atoms with Gasteiger partial charge in [0.15, 0.2) is 0 Å². The summed E-state index contributed by atoms with van der Waals surface area (Å²) < 4.78 is 17.6. The molecule has 1 atom stereocenters. The number of carbonyl (C=O) groups excluding carboxylic acids is 1. The van der Waals surface area contributed by atoms with Gasteiger partial charge >= 0.3 is 5.97 Å². The lowest BCUT2D eigenvalue weighted by atomic mass is 10.0. The number of hydrogen-bond donors (Lipinski definition) is 0. The smallest absolute Gasteiger partial charge is 0.343 e. The molecule has 0 heterocycles. The highest BCUT2D eigenvalue weighted by Gasteiger charge is 2.11. The second kappa shape index (κ2) is 28.7. The molecule has 0 saturated carbocycles. The number of rotatable bonds is 31. The lowest BCUT2D eigenvalue weighted by molar-refractivity contribution is 0.0627. The fraction of sp³-hybridized carbons (Fsp3) is 0.698. The van der Waals surface area contributed by atoms with E-state index in [9.17, 15) is 4.79 Å². The Balaban J connectivity index is 1.49. The molecule has 1 unspecified atom stereocenters. The Morgan fingerprint density at radius 2 is 0.872 bits per heavy atom. The zero-order chi connectivity index (χ0) is 33.6. The van der Waals surface area contributed by atoms with E-state index in [1.807, 2.05) is 36.4 Å². The number of esters is 1. The molecule has 2 rings (SSSR count). The van der Waals surface area contributed by atoms with Crippen molar-refractivity contribution in [3.8, 4) is 11.5 Å². The van der Waals surface area contributed by atoms with Gasteiger partial charge in [0.2, 0.25) is 0 Å². The Kier molecular flexibility index (Phi) is 24.9. The minimum Gasteiger partial charge on any atom is -0.494 e. The highest BCUT2D eigenvalue weighted by Crippen LogP contribution is 2.22. The minimum absolute atomic E-state index is 0.0228. The predicted molar refractivity (Wildman–Crippen MR) is 200 cm³/mol. The molecule has 266 valence electrons. The van der Waals surface area contributed by atoms with Crippen molar-refractivity contribution in [1.29, 1.82) is 0 Å². The predicted octanol–water partition coefficient (Wildman–Crippen LogP) is 13.8. The summed E-state index contributed by atoms with van der Waals surface area (Å²) in [5, 5.41) is 0. The van der Waals surface area contributed by atoms with Gasteiger partial charge in [0.1, 0.15) is 11.5 Å². The van der Waals surface area contributed by atoms with Crippen LogP contribution in [0.5, 0.6) is 11.5 Å². The fourth-order valence-electron chi connectivity index (χ4n) is 6.09. The van der Waals surface area contributed by atoms with Crippen LogP contribution in [0.2, 0.25) is 0 Å². The molecule has 0 aromatic heterocycles. The van der Waals surface area contributed by atoms with Crippen LogP contribution in [0.1, 0.15) is 197 Å². The molecule has 2 aromatic rings. The van der Waals surface area contributed by atoms with Crippen LogP contribution in [-0.2, 0) is 4.74 Å². The fourth-order valence-corrected chi connectivity index (χ4v) is 6.09. The van der Waals surface area contributed by atoms with Crippen LogP contribution in [-0.4, -0.2) is 19.2 Å². The third-order valence-electron chi connectivity index (χ3n) is 9.28. The summed E-state index contributed by atoms with van der Waals surface area (Å²) in [5.41, 5.74) is 1.62. The molecule has 0 aliphatic heterocycles. The molecule has 0 aliphatic rings. The number of unbranched alkanes of at least 4 members (excludes halogenated alkanes) is 22. The molecule has 2 aromatic carbocycles. The third-order valence-corrected chi connectivity index (χ3v) is 9.28. The van der Waals surface area contributed by atoms with Crippen LogP contribution >= 0.6 is 0 Å². The standard InChI is InChI=1S/C43H70O4/c1-4-6-8-10-12-14-16-17-18-19-21-22-24-26-36-45-38(3)39-28-34-42(35-29-39)47-43(44)40-30-32-41(33-31-40)46-37-27-25-23-20-15-13-11-9-7-5-2/h28-35,38H,4-27,36-37H2,1-3H3. The number of hydrogen-bond acceptors (Lipinski definition) is 4. The number of ether oxygens (including phenoxy) is 3. The van der Waals surface area contributed by atoms with Crippen molar-refractivity contribution in [1.82, 2.24) is 0 Å². The van der Waals surface area contributed by atoms with Crippen molar-refractivity contribution in [2.75, 3.05) is 13.2 Å². The molecule has 0 fully saturated rings. The minimum atomic E-state index is -0.360. The summed E-state index contributed by atoms with van der Waals surface area (Å²) in [4.78, 5) is 12.7. The van der Waals surface area contributed by atoms with E-state index in [-0.39, 0.29) is 12.1 Å². The van der Waals surface area contributed by atoms with Crippen molar-refractivity contribution < 1.29 is 19.0 Å². The molecule has 0 aliphatic carbocycles. The van der Waals surface area contributed by atoms with E-state index in [2.05, 4.69) is 20.8 Å². The molecule has 4 heteroatoms. The molecule has 0 bridgehead atoms. The van der Waals surface area contributed by atoms with Crippen LogP contribution in [0, 0.1) is 0 Å². The highest BCUT2D eigenvalue weighted by atomic mass is 16.5. The van der Waals surface area contributed by atoms with Gasteiger partial charge in [-0.2, -0.15) is 0 Å². The van der Waals surface area contributed by atoms with E-state index >= 15 is 0 Å². The lowest BCUT2D eigenvalue weighted by Crippen LogP contribution is -2.09.